The molecule has 0 saturated carbocycles. The van der Waals surface area contributed by atoms with Gasteiger partial charge in [-0.3, -0.25) is 4.72 Å². The summed E-state index contributed by atoms with van der Waals surface area (Å²) in [7, 11) is 1.07. The Hall–Kier alpha value is -2.78. The zero-order chi connectivity index (χ0) is 20.6. The standard InChI is InChI=1S/C20H24N4O4S/c1-24(2)29(25,26)23-15-8-10-16-14(11-15)12-28-20(21-16)22-17-9-7-13-5-4-6-18(27-3)19(13)17/h4-6,8,10-11,17,23H,7,9,12H2,1-3H3,(H,21,22). The van der Waals surface area contributed by atoms with Crippen LogP contribution in [0.1, 0.15) is 29.2 Å². The molecule has 0 spiro atoms. The molecule has 2 aliphatic rings. The number of nitrogens with zero attached hydrogens (tertiary/aromatic N) is 2. The van der Waals surface area contributed by atoms with Crippen LogP contribution in [0.25, 0.3) is 0 Å². The summed E-state index contributed by atoms with van der Waals surface area (Å²) in [6.07, 6.45) is 1.86. The van der Waals surface area contributed by atoms with E-state index >= 15 is 0 Å². The van der Waals surface area contributed by atoms with Gasteiger partial charge in [-0.25, -0.2) is 4.99 Å². The van der Waals surface area contributed by atoms with Crippen LogP contribution in [0.4, 0.5) is 11.4 Å². The number of aliphatic imine (C=N–C) groups is 1. The number of anilines is 2. The molecule has 9 heteroatoms. The molecule has 2 aromatic carbocycles. The van der Waals surface area contributed by atoms with Crippen LogP contribution in [-0.4, -0.2) is 39.9 Å². The van der Waals surface area contributed by atoms with Gasteiger partial charge in [0.25, 0.3) is 6.02 Å². The lowest BCUT2D eigenvalue weighted by molar-refractivity contribution is 0.282. The van der Waals surface area contributed by atoms with Crippen molar-refractivity contribution in [3.05, 3.63) is 53.1 Å². The first-order valence-corrected chi connectivity index (χ1v) is 10.8. The third-order valence-electron chi connectivity index (χ3n) is 5.11. The van der Waals surface area contributed by atoms with E-state index < -0.39 is 10.2 Å². The van der Waals surface area contributed by atoms with E-state index in [1.165, 1.54) is 19.7 Å². The fraction of sp³-hybridized carbons (Fsp3) is 0.350. The smallest absolute Gasteiger partial charge is 0.301 e. The highest BCUT2D eigenvalue weighted by Crippen LogP contribution is 2.40. The van der Waals surface area contributed by atoms with Gasteiger partial charge in [-0.1, -0.05) is 12.1 Å². The van der Waals surface area contributed by atoms with Crippen molar-refractivity contribution in [2.45, 2.75) is 25.5 Å². The highest BCUT2D eigenvalue weighted by molar-refractivity contribution is 7.90. The maximum Gasteiger partial charge on any atom is 0.301 e. The molecule has 4 rings (SSSR count). The van der Waals surface area contributed by atoms with Crippen molar-refractivity contribution in [2.24, 2.45) is 4.99 Å². The minimum atomic E-state index is -3.55. The lowest BCUT2D eigenvalue weighted by atomic mass is 10.1. The number of hydrogen-bond acceptors (Lipinski definition) is 5. The summed E-state index contributed by atoms with van der Waals surface area (Å²) >= 11 is 0. The Bertz CT molecular complexity index is 1070. The Balaban J connectivity index is 1.54. The molecule has 0 saturated heterocycles. The van der Waals surface area contributed by atoms with Crippen molar-refractivity contribution in [3.8, 4) is 5.75 Å². The van der Waals surface area contributed by atoms with Gasteiger partial charge in [-0.2, -0.15) is 12.7 Å². The first-order chi connectivity index (χ1) is 13.9. The monoisotopic (exact) mass is 416 g/mol. The first-order valence-electron chi connectivity index (χ1n) is 9.34. The van der Waals surface area contributed by atoms with Gasteiger partial charge >= 0.3 is 10.2 Å². The van der Waals surface area contributed by atoms with E-state index in [1.54, 1.807) is 19.2 Å². The second-order valence-corrected chi connectivity index (χ2v) is 9.08. The number of hydrogen-bond donors (Lipinski definition) is 2. The van der Waals surface area contributed by atoms with Gasteiger partial charge in [-0.15, -0.1) is 0 Å². The van der Waals surface area contributed by atoms with Crippen molar-refractivity contribution >= 4 is 27.6 Å². The van der Waals surface area contributed by atoms with Crippen molar-refractivity contribution in [2.75, 3.05) is 31.2 Å². The summed E-state index contributed by atoms with van der Waals surface area (Å²) in [5.41, 5.74) is 4.56. The van der Waals surface area contributed by atoms with Crippen LogP contribution in [0.3, 0.4) is 0 Å². The molecule has 2 N–H and O–H groups in total. The first kappa shape index (κ1) is 19.5. The molecule has 1 unspecified atom stereocenters. The largest absolute Gasteiger partial charge is 0.496 e. The quantitative estimate of drug-likeness (QED) is 0.782. The Morgan fingerprint density at radius 3 is 2.83 bits per heavy atom. The molecule has 2 aromatic rings. The molecule has 29 heavy (non-hydrogen) atoms. The number of ether oxygens (including phenoxy) is 2. The molecule has 8 nitrogen and oxygen atoms in total. The predicted octanol–water partition coefficient (Wildman–Crippen LogP) is 2.90. The number of nitrogens with one attached hydrogen (secondary N) is 2. The van der Waals surface area contributed by atoms with Crippen molar-refractivity contribution in [3.63, 3.8) is 0 Å². The third kappa shape index (κ3) is 3.88. The molecule has 0 amide bonds. The molecule has 154 valence electrons. The fourth-order valence-electron chi connectivity index (χ4n) is 3.58. The maximum atomic E-state index is 12.0. The average molecular weight is 417 g/mol. The minimum absolute atomic E-state index is 0.0172. The van der Waals surface area contributed by atoms with Crippen LogP contribution in [0.5, 0.6) is 5.75 Å². The van der Waals surface area contributed by atoms with Crippen molar-refractivity contribution in [1.29, 1.82) is 0 Å². The Morgan fingerprint density at radius 1 is 1.24 bits per heavy atom. The molecule has 1 heterocycles. The Morgan fingerprint density at radius 2 is 2.07 bits per heavy atom. The lowest BCUT2D eigenvalue weighted by Gasteiger charge is -2.23. The highest BCUT2D eigenvalue weighted by Gasteiger charge is 2.27. The average Bonchev–Trinajstić information content (AvgIpc) is 3.10. The molecule has 1 aliphatic carbocycles. The van der Waals surface area contributed by atoms with Crippen molar-refractivity contribution in [1.82, 2.24) is 4.31 Å². The molecule has 0 fully saturated rings. The summed E-state index contributed by atoms with van der Waals surface area (Å²) in [6.45, 7) is 0.310. The van der Waals surface area contributed by atoms with Crippen LogP contribution in [0.15, 0.2) is 41.4 Å². The maximum absolute atomic E-state index is 12.0. The van der Waals surface area contributed by atoms with Crippen LogP contribution in [-0.2, 0) is 28.0 Å². The van der Waals surface area contributed by atoms with E-state index in [0.717, 1.165) is 39.7 Å². The van der Waals surface area contributed by atoms with E-state index in [9.17, 15) is 8.42 Å². The number of aryl methyl sites for hydroxylation is 1. The van der Waals surface area contributed by atoms with Crippen molar-refractivity contribution < 1.29 is 17.9 Å². The molecule has 1 aliphatic heterocycles. The summed E-state index contributed by atoms with van der Waals surface area (Å²) in [5.74, 6) is 0.850. The van der Waals surface area contributed by atoms with Crippen LogP contribution in [0, 0.1) is 0 Å². The number of fused-ring (bicyclic) bond motifs is 2. The Kier molecular flexibility index (Phi) is 5.10. The Labute approximate surface area is 170 Å². The summed E-state index contributed by atoms with van der Waals surface area (Å²) in [6, 6.07) is 11.8. The van der Waals surface area contributed by atoms with Crippen LogP contribution in [0.2, 0.25) is 0 Å². The van der Waals surface area contributed by atoms with E-state index in [2.05, 4.69) is 16.1 Å². The van der Waals surface area contributed by atoms with Gasteiger partial charge < -0.3 is 14.8 Å². The molecular formula is C20H24N4O4S. The van der Waals surface area contributed by atoms with E-state index in [-0.39, 0.29) is 6.04 Å². The van der Waals surface area contributed by atoms with E-state index in [1.807, 2.05) is 18.2 Å². The van der Waals surface area contributed by atoms with Gasteiger partial charge in [0.2, 0.25) is 0 Å². The molecule has 0 bridgehead atoms. The predicted molar refractivity (Wildman–Crippen MR) is 113 cm³/mol. The highest BCUT2D eigenvalue weighted by atomic mass is 32.2. The van der Waals surface area contributed by atoms with Gasteiger partial charge in [0, 0.05) is 30.9 Å². The second kappa shape index (κ2) is 7.57. The number of methoxy groups -OCH3 is 1. The second-order valence-electron chi connectivity index (χ2n) is 7.20. The summed E-state index contributed by atoms with van der Waals surface area (Å²) < 4.78 is 39.0. The zero-order valence-electron chi connectivity index (χ0n) is 16.6. The lowest BCUT2D eigenvalue weighted by Crippen LogP contribution is -2.29. The summed E-state index contributed by atoms with van der Waals surface area (Å²) in [4.78, 5) is 4.77. The molecular weight excluding hydrogens is 392 g/mol. The SMILES string of the molecule is COc1cccc2c1C(N=C1Nc3ccc(NS(=O)(=O)N(C)C)cc3CO1)CC2. The normalized spacial score (nSPS) is 19.3. The zero-order valence-corrected chi connectivity index (χ0v) is 17.4. The van der Waals surface area contributed by atoms with Crippen LogP contribution < -0.4 is 14.8 Å². The molecule has 0 radical (unpaired) electrons. The van der Waals surface area contributed by atoms with Gasteiger partial charge in [0.15, 0.2) is 0 Å². The van der Waals surface area contributed by atoms with Gasteiger partial charge in [-0.05, 0) is 42.7 Å². The van der Waals surface area contributed by atoms with Gasteiger partial charge in [0.05, 0.1) is 18.8 Å². The van der Waals surface area contributed by atoms with Gasteiger partial charge in [0.1, 0.15) is 12.4 Å². The van der Waals surface area contributed by atoms with E-state index in [4.69, 9.17) is 14.5 Å². The minimum Gasteiger partial charge on any atom is -0.496 e. The van der Waals surface area contributed by atoms with Crippen LogP contribution >= 0.6 is 0 Å². The topological polar surface area (TPSA) is 92.3 Å². The molecule has 0 aromatic heterocycles. The third-order valence-corrected chi connectivity index (χ3v) is 6.56. The summed E-state index contributed by atoms with van der Waals surface area (Å²) in [5, 5.41) is 3.20. The number of amidine groups is 1. The molecule has 1 atom stereocenters. The van der Waals surface area contributed by atoms with E-state index in [0.29, 0.717) is 18.3 Å². The fourth-order valence-corrected chi connectivity index (χ4v) is 4.18. The number of rotatable bonds is 5. The number of benzene rings is 2.